The molecule has 0 amide bonds. The average molecular weight is 592 g/mol. The van der Waals surface area contributed by atoms with E-state index in [1.807, 2.05) is 0 Å². The first-order valence-corrected chi connectivity index (χ1v) is 16.2. The Labute approximate surface area is 239 Å². The molecule has 0 N–H and O–H groups in total. The molecule has 1 aliphatic heterocycles. The third-order valence-electron chi connectivity index (χ3n) is 14.1. The van der Waals surface area contributed by atoms with E-state index in [4.69, 9.17) is 14.2 Å². The molecular formula is C33H51BrO4. The number of ether oxygens (including phenoxy) is 3. The van der Waals surface area contributed by atoms with Crippen LogP contribution < -0.4 is 0 Å². The molecule has 5 aliphatic carbocycles. The van der Waals surface area contributed by atoms with Crippen LogP contribution in [-0.4, -0.2) is 32.1 Å². The van der Waals surface area contributed by atoms with E-state index in [9.17, 15) is 4.79 Å². The first kappa shape index (κ1) is 27.8. The molecule has 6 aliphatic rings. The molecule has 0 bridgehead atoms. The standard InChI is InChI=1S/C33H51BrO4/c1-27(2)11-14-32(26(35)36-8)15-13-31(7)25(21(32)20-27)22(34)19-24-29(5)12-16-33(37-17-18-38-33)28(3,4)23(29)9-10-30(24,31)6/h21,23-24H,9-20H2,1-8H3/t21-,23-,24?,29-,30+,31+,32-/m0/s1. The number of halogens is 1. The summed E-state index contributed by atoms with van der Waals surface area (Å²) in [5.41, 5.74) is 1.95. The fourth-order valence-corrected chi connectivity index (χ4v) is 12.8. The minimum absolute atomic E-state index is 0.0187. The largest absolute Gasteiger partial charge is 0.469 e. The van der Waals surface area contributed by atoms with Crippen LogP contribution >= 0.6 is 15.9 Å². The van der Waals surface area contributed by atoms with Crippen LogP contribution in [0.3, 0.4) is 0 Å². The molecule has 1 saturated heterocycles. The minimum Gasteiger partial charge on any atom is -0.469 e. The Bertz CT molecular complexity index is 1060. The van der Waals surface area contributed by atoms with Crippen LogP contribution in [0.15, 0.2) is 10.1 Å². The highest BCUT2D eigenvalue weighted by Gasteiger charge is 2.72. The third kappa shape index (κ3) is 3.25. The Morgan fingerprint density at radius 1 is 0.868 bits per heavy atom. The molecule has 4 saturated carbocycles. The molecule has 0 aromatic rings. The second-order valence-electron chi connectivity index (χ2n) is 16.2. The molecular weight excluding hydrogens is 540 g/mol. The molecule has 0 aromatic carbocycles. The molecule has 38 heavy (non-hydrogen) atoms. The topological polar surface area (TPSA) is 44.8 Å². The van der Waals surface area contributed by atoms with Crippen molar-refractivity contribution in [1.29, 1.82) is 0 Å². The maximum absolute atomic E-state index is 13.5. The van der Waals surface area contributed by atoms with Crippen LogP contribution in [-0.2, 0) is 19.0 Å². The van der Waals surface area contributed by atoms with E-state index < -0.39 is 5.79 Å². The summed E-state index contributed by atoms with van der Waals surface area (Å²) in [7, 11) is 1.60. The Hall–Kier alpha value is -0.390. The summed E-state index contributed by atoms with van der Waals surface area (Å²) in [6.07, 6.45) is 10.9. The van der Waals surface area contributed by atoms with Gasteiger partial charge >= 0.3 is 5.97 Å². The quantitative estimate of drug-likeness (QED) is 0.287. The number of hydrogen-bond acceptors (Lipinski definition) is 4. The van der Waals surface area contributed by atoms with E-state index in [0.29, 0.717) is 11.8 Å². The van der Waals surface area contributed by atoms with Gasteiger partial charge in [-0.3, -0.25) is 4.79 Å². The van der Waals surface area contributed by atoms with Gasteiger partial charge in [-0.05, 0) is 107 Å². The number of esters is 1. The summed E-state index contributed by atoms with van der Waals surface area (Å²) in [6, 6.07) is 0. The molecule has 5 fully saturated rings. The van der Waals surface area contributed by atoms with E-state index in [0.717, 1.165) is 64.6 Å². The van der Waals surface area contributed by atoms with Gasteiger partial charge in [0.2, 0.25) is 0 Å². The minimum atomic E-state index is -0.416. The number of allylic oxidation sites excluding steroid dienone is 2. The van der Waals surface area contributed by atoms with Crippen molar-refractivity contribution in [2.75, 3.05) is 20.3 Å². The van der Waals surface area contributed by atoms with Crippen LogP contribution in [0.5, 0.6) is 0 Å². The lowest BCUT2D eigenvalue weighted by atomic mass is 9.33. The van der Waals surface area contributed by atoms with Gasteiger partial charge < -0.3 is 14.2 Å². The molecule has 214 valence electrons. The lowest BCUT2D eigenvalue weighted by molar-refractivity contribution is -0.307. The van der Waals surface area contributed by atoms with Gasteiger partial charge in [0.05, 0.1) is 25.7 Å². The average Bonchev–Trinajstić information content (AvgIpc) is 3.33. The van der Waals surface area contributed by atoms with Crippen LogP contribution in [0.1, 0.15) is 113 Å². The van der Waals surface area contributed by atoms with Crippen molar-refractivity contribution < 1.29 is 19.0 Å². The molecule has 6 rings (SSSR count). The molecule has 1 unspecified atom stereocenters. The lowest BCUT2D eigenvalue weighted by Crippen LogP contribution is -2.67. The maximum atomic E-state index is 13.5. The van der Waals surface area contributed by atoms with Gasteiger partial charge in [-0.25, -0.2) is 0 Å². The highest BCUT2D eigenvalue weighted by molar-refractivity contribution is 9.11. The van der Waals surface area contributed by atoms with Crippen LogP contribution in [0.25, 0.3) is 0 Å². The first-order valence-electron chi connectivity index (χ1n) is 15.4. The van der Waals surface area contributed by atoms with E-state index in [2.05, 4.69) is 64.4 Å². The Kier molecular flexibility index (Phi) is 6.09. The number of carbonyl (C=O) groups excluding carboxylic acids is 1. The van der Waals surface area contributed by atoms with Crippen molar-refractivity contribution in [2.45, 2.75) is 118 Å². The van der Waals surface area contributed by atoms with Gasteiger partial charge in [0.15, 0.2) is 5.79 Å². The highest BCUT2D eigenvalue weighted by atomic mass is 79.9. The van der Waals surface area contributed by atoms with E-state index in [1.54, 1.807) is 12.7 Å². The molecule has 0 radical (unpaired) electrons. The monoisotopic (exact) mass is 590 g/mol. The van der Waals surface area contributed by atoms with E-state index in [-0.39, 0.29) is 44.4 Å². The maximum Gasteiger partial charge on any atom is 0.312 e. The number of carbonyl (C=O) groups is 1. The fraction of sp³-hybridized carbons (Fsp3) is 0.909. The van der Waals surface area contributed by atoms with Gasteiger partial charge in [-0.2, -0.15) is 0 Å². The zero-order valence-corrected chi connectivity index (χ0v) is 26.8. The normalized spacial score (nSPS) is 48.5. The zero-order valence-electron chi connectivity index (χ0n) is 25.2. The molecule has 4 nitrogen and oxygen atoms in total. The summed E-state index contributed by atoms with van der Waals surface area (Å²) >= 11 is 4.25. The number of fused-ring (bicyclic) bond motifs is 7. The Balaban J connectivity index is 1.45. The van der Waals surface area contributed by atoms with Gasteiger partial charge in [-0.15, -0.1) is 0 Å². The predicted octanol–water partition coefficient (Wildman–Crippen LogP) is 8.43. The summed E-state index contributed by atoms with van der Waals surface area (Å²) < 4.78 is 19.8. The van der Waals surface area contributed by atoms with Crippen LogP contribution in [0, 0.1) is 50.2 Å². The van der Waals surface area contributed by atoms with Gasteiger partial charge in [0, 0.05) is 11.8 Å². The summed E-state index contributed by atoms with van der Waals surface area (Å²) in [5, 5.41) is 0. The fourth-order valence-electron chi connectivity index (χ4n) is 11.7. The number of methoxy groups -OCH3 is 1. The number of rotatable bonds is 1. The predicted molar refractivity (Wildman–Crippen MR) is 154 cm³/mol. The SMILES string of the molecule is COC(=O)[C@]12CCC(C)(C)C[C@H]1C1=C(Br)CC3[C@@]4(C)CCC5(OCCO5)C(C)(C)[C@@H]4CC[C@@]3(C)[C@]1(C)CC2. The molecule has 7 atom stereocenters. The Morgan fingerprint density at radius 3 is 2.18 bits per heavy atom. The third-order valence-corrected chi connectivity index (χ3v) is 14.9. The summed E-state index contributed by atoms with van der Waals surface area (Å²) in [4.78, 5) is 13.5. The molecule has 1 spiro atoms. The lowest BCUT2D eigenvalue weighted by Gasteiger charge is -2.72. The summed E-state index contributed by atoms with van der Waals surface area (Å²) in [6.45, 7) is 19.0. The molecule has 1 heterocycles. The molecule has 0 aromatic heterocycles. The van der Waals surface area contributed by atoms with E-state index >= 15 is 0 Å². The van der Waals surface area contributed by atoms with Crippen molar-refractivity contribution in [3.63, 3.8) is 0 Å². The van der Waals surface area contributed by atoms with Crippen molar-refractivity contribution in [2.24, 2.45) is 50.2 Å². The zero-order chi connectivity index (χ0) is 27.6. The smallest absolute Gasteiger partial charge is 0.312 e. The van der Waals surface area contributed by atoms with Crippen molar-refractivity contribution in [3.05, 3.63) is 10.1 Å². The first-order chi connectivity index (χ1) is 17.6. The number of hydrogen-bond donors (Lipinski definition) is 0. The van der Waals surface area contributed by atoms with Crippen molar-refractivity contribution in [1.82, 2.24) is 0 Å². The van der Waals surface area contributed by atoms with Crippen LogP contribution in [0.4, 0.5) is 0 Å². The highest BCUT2D eigenvalue weighted by Crippen LogP contribution is 2.78. The van der Waals surface area contributed by atoms with Crippen molar-refractivity contribution in [3.8, 4) is 0 Å². The van der Waals surface area contributed by atoms with Crippen molar-refractivity contribution >= 4 is 21.9 Å². The van der Waals surface area contributed by atoms with Gasteiger partial charge in [0.25, 0.3) is 0 Å². The van der Waals surface area contributed by atoms with Gasteiger partial charge in [0.1, 0.15) is 0 Å². The second-order valence-corrected chi connectivity index (χ2v) is 17.1. The van der Waals surface area contributed by atoms with E-state index in [1.165, 1.54) is 17.3 Å². The van der Waals surface area contributed by atoms with Crippen LogP contribution in [0.2, 0.25) is 0 Å². The second kappa shape index (κ2) is 8.34. The summed E-state index contributed by atoms with van der Waals surface area (Å²) in [5.74, 6) is 1.04. The Morgan fingerprint density at radius 2 is 1.53 bits per heavy atom. The van der Waals surface area contributed by atoms with Gasteiger partial charge in [-0.1, -0.05) is 64.4 Å². The molecule has 5 heteroatoms.